The Morgan fingerprint density at radius 2 is 0.396 bits per heavy atom. The van der Waals surface area contributed by atoms with Gasteiger partial charge in [-0.3, -0.25) is 37.3 Å². The van der Waals surface area contributed by atoms with Crippen LogP contribution in [0, 0.1) is 0 Å². The van der Waals surface area contributed by atoms with Gasteiger partial charge in [-0.1, -0.05) is 394 Å². The molecule has 0 bridgehead atoms. The molecule has 0 aromatic carbocycles. The first-order chi connectivity index (χ1) is 49.2. The lowest BCUT2D eigenvalue weighted by Gasteiger charge is -2.21. The van der Waals surface area contributed by atoms with Crippen LogP contribution in [-0.2, 0) is 65.4 Å². The van der Waals surface area contributed by atoms with Crippen molar-refractivity contribution in [2.75, 3.05) is 39.6 Å². The fourth-order valence-electron chi connectivity index (χ4n) is 12.8. The van der Waals surface area contributed by atoms with E-state index in [1.807, 2.05) is 0 Å². The van der Waals surface area contributed by atoms with Gasteiger partial charge in [0.25, 0.3) is 0 Å². The van der Waals surface area contributed by atoms with E-state index >= 15 is 0 Å². The summed E-state index contributed by atoms with van der Waals surface area (Å²) in [6.45, 7) is 5.05. The van der Waals surface area contributed by atoms with E-state index in [9.17, 15) is 43.2 Å². The number of rotatable bonds is 83. The average Bonchev–Trinajstić information content (AvgIpc) is 0.932. The molecule has 0 aliphatic heterocycles. The third-order valence-corrected chi connectivity index (χ3v) is 21.3. The van der Waals surface area contributed by atoms with Gasteiger partial charge in [-0.15, -0.1) is 0 Å². The van der Waals surface area contributed by atoms with Gasteiger partial charge < -0.3 is 33.8 Å². The minimum absolute atomic E-state index is 0.109. The van der Waals surface area contributed by atoms with Gasteiger partial charge in [0.15, 0.2) is 12.2 Å². The van der Waals surface area contributed by atoms with Crippen molar-refractivity contribution >= 4 is 39.5 Å². The number of hydrogen-bond acceptors (Lipinski definition) is 15. The highest BCUT2D eigenvalue weighted by atomic mass is 31.2. The van der Waals surface area contributed by atoms with Gasteiger partial charge in [0.05, 0.1) is 26.4 Å². The maximum atomic E-state index is 13.1. The van der Waals surface area contributed by atoms with Crippen molar-refractivity contribution in [1.82, 2.24) is 0 Å². The van der Waals surface area contributed by atoms with Gasteiger partial charge in [-0.25, -0.2) is 9.13 Å². The molecule has 0 saturated heterocycles. The van der Waals surface area contributed by atoms with Crippen molar-refractivity contribution in [3.63, 3.8) is 0 Å². The molecule has 2 unspecified atom stereocenters. The van der Waals surface area contributed by atoms with E-state index in [1.54, 1.807) is 0 Å². The summed E-state index contributed by atoms with van der Waals surface area (Å²) in [6, 6.07) is 0. The number of ether oxygens (including phenoxy) is 4. The summed E-state index contributed by atoms with van der Waals surface area (Å²) < 4.78 is 68.8. The number of phosphoric ester groups is 2. The lowest BCUT2D eigenvalue weighted by molar-refractivity contribution is -0.161. The van der Waals surface area contributed by atoms with Gasteiger partial charge in [0.2, 0.25) is 0 Å². The molecular weight excluding hydrogens is 1320 g/mol. The molecule has 0 rings (SSSR count). The van der Waals surface area contributed by atoms with Gasteiger partial charge in [-0.05, 0) is 25.7 Å². The maximum absolute atomic E-state index is 13.1. The molecule has 0 aromatic rings. The molecule has 0 heterocycles. The highest BCUT2D eigenvalue weighted by molar-refractivity contribution is 7.47. The molecule has 0 spiro atoms. The predicted octanol–water partition coefficient (Wildman–Crippen LogP) is 25.0. The Morgan fingerprint density at radius 3 is 0.584 bits per heavy atom. The Labute approximate surface area is 619 Å². The number of phosphoric acid groups is 2. The summed E-state index contributed by atoms with van der Waals surface area (Å²) in [6.07, 6.45) is 69.2. The van der Waals surface area contributed by atoms with Crippen LogP contribution in [0.2, 0.25) is 0 Å². The fourth-order valence-corrected chi connectivity index (χ4v) is 14.4. The van der Waals surface area contributed by atoms with Crippen LogP contribution >= 0.6 is 15.6 Å². The molecule has 19 heteroatoms. The van der Waals surface area contributed by atoms with Crippen LogP contribution in [0.1, 0.15) is 445 Å². The molecule has 101 heavy (non-hydrogen) atoms. The van der Waals surface area contributed by atoms with Crippen LogP contribution in [0.25, 0.3) is 0 Å². The van der Waals surface area contributed by atoms with E-state index in [0.717, 1.165) is 89.9 Å². The molecule has 0 amide bonds. The van der Waals surface area contributed by atoms with Crippen LogP contribution in [0.4, 0.5) is 0 Å². The van der Waals surface area contributed by atoms with Gasteiger partial charge in [-0.2, -0.15) is 0 Å². The van der Waals surface area contributed by atoms with Gasteiger partial charge in [0.1, 0.15) is 19.3 Å². The van der Waals surface area contributed by atoms with Crippen molar-refractivity contribution in [2.45, 2.75) is 463 Å². The molecule has 0 saturated carbocycles. The molecule has 17 nitrogen and oxygen atoms in total. The number of esters is 4. The third-order valence-electron chi connectivity index (χ3n) is 19.4. The van der Waals surface area contributed by atoms with Crippen LogP contribution in [0.15, 0.2) is 0 Å². The molecule has 0 aliphatic carbocycles. The van der Waals surface area contributed by atoms with E-state index in [-0.39, 0.29) is 25.7 Å². The quantitative estimate of drug-likeness (QED) is 0.0222. The number of aliphatic hydroxyl groups excluding tert-OH is 1. The first-order valence-electron chi connectivity index (χ1n) is 42.8. The van der Waals surface area contributed by atoms with E-state index < -0.39 is 97.5 Å². The van der Waals surface area contributed by atoms with Crippen molar-refractivity contribution in [3.8, 4) is 0 Å². The second-order valence-electron chi connectivity index (χ2n) is 29.5. The lowest BCUT2D eigenvalue weighted by Crippen LogP contribution is -2.30. The third kappa shape index (κ3) is 76.1. The van der Waals surface area contributed by atoms with Crippen LogP contribution in [0.5, 0.6) is 0 Å². The molecule has 3 N–H and O–H groups in total. The fraction of sp³-hybridized carbons (Fsp3) is 0.951. The first kappa shape index (κ1) is 99.1. The van der Waals surface area contributed by atoms with Crippen molar-refractivity contribution in [2.24, 2.45) is 0 Å². The molecule has 5 atom stereocenters. The monoisotopic (exact) mass is 1480 g/mol. The standard InChI is InChI=1S/C82H160O17P2/c1-5-9-13-17-21-25-29-33-36-39-42-45-49-53-57-61-65-69-82(87)99-78(73-93-80(85)67-63-59-55-51-47-43-40-37-34-30-26-22-18-14-10-6-2)75-97-101(90,91)95-71-76(83)70-94-100(88,89)96-74-77(72-92-79(84)66-62-58-54-50-46-32-28-24-20-16-12-8-4)98-81(86)68-64-60-56-52-48-44-41-38-35-31-27-23-19-15-11-7-3/h76-78,83H,5-75H2,1-4H3,(H,88,89)(H,90,91)/t76-,77+,78+/m0/s1. The summed E-state index contributed by atoms with van der Waals surface area (Å²) in [5, 5.41) is 10.7. The average molecular weight is 1480 g/mol. The molecule has 0 aromatic heterocycles. The highest BCUT2D eigenvalue weighted by Crippen LogP contribution is 2.45. The Balaban J connectivity index is 5.26. The lowest BCUT2D eigenvalue weighted by atomic mass is 10.0. The van der Waals surface area contributed by atoms with E-state index in [4.69, 9.17) is 37.0 Å². The van der Waals surface area contributed by atoms with Crippen LogP contribution in [0.3, 0.4) is 0 Å². The molecule has 0 radical (unpaired) electrons. The number of carbonyl (C=O) groups is 4. The second-order valence-corrected chi connectivity index (χ2v) is 32.4. The Hall–Kier alpha value is -1.94. The Morgan fingerprint density at radius 1 is 0.238 bits per heavy atom. The molecule has 600 valence electrons. The molecular formula is C82H160O17P2. The van der Waals surface area contributed by atoms with Crippen molar-refractivity contribution < 1.29 is 80.2 Å². The largest absolute Gasteiger partial charge is 0.472 e. The molecule has 0 fully saturated rings. The summed E-state index contributed by atoms with van der Waals surface area (Å²) in [5.41, 5.74) is 0. The predicted molar refractivity (Wildman–Crippen MR) is 414 cm³/mol. The summed E-state index contributed by atoms with van der Waals surface area (Å²) in [5.74, 6) is -2.10. The van der Waals surface area contributed by atoms with Crippen molar-refractivity contribution in [3.05, 3.63) is 0 Å². The number of carbonyl (C=O) groups excluding carboxylic acids is 4. The van der Waals surface area contributed by atoms with Crippen LogP contribution < -0.4 is 0 Å². The van der Waals surface area contributed by atoms with E-state index in [0.29, 0.717) is 25.7 Å². The summed E-state index contributed by atoms with van der Waals surface area (Å²) in [7, 11) is -9.92. The summed E-state index contributed by atoms with van der Waals surface area (Å²) >= 11 is 0. The maximum Gasteiger partial charge on any atom is 0.472 e. The molecule has 0 aliphatic rings. The zero-order valence-electron chi connectivity index (χ0n) is 65.9. The first-order valence-corrected chi connectivity index (χ1v) is 45.8. The van der Waals surface area contributed by atoms with Gasteiger partial charge >= 0.3 is 39.5 Å². The highest BCUT2D eigenvalue weighted by Gasteiger charge is 2.30. The summed E-state index contributed by atoms with van der Waals surface area (Å²) in [4.78, 5) is 73.1. The minimum atomic E-state index is -4.96. The van der Waals surface area contributed by atoms with Crippen molar-refractivity contribution in [1.29, 1.82) is 0 Å². The van der Waals surface area contributed by atoms with E-state index in [1.165, 1.54) is 276 Å². The Kier molecular flexibility index (Phi) is 74.8. The topological polar surface area (TPSA) is 237 Å². The van der Waals surface area contributed by atoms with E-state index in [2.05, 4.69) is 27.7 Å². The van der Waals surface area contributed by atoms with Gasteiger partial charge in [0, 0.05) is 25.7 Å². The Bertz CT molecular complexity index is 1910. The number of hydrogen-bond donors (Lipinski definition) is 3. The SMILES string of the molecule is CCCCCCCCCCCCCCCCCCCC(=O)O[C@H](COC(=O)CCCCCCCCCCCCCCCCCC)COP(=O)(O)OC[C@@H](O)COP(=O)(O)OC[C@@H](COC(=O)CCCCCCCCCCCCCC)OC(=O)CCCCCCCCCCCCCCCCCC. The minimum Gasteiger partial charge on any atom is -0.462 e. The zero-order chi connectivity index (χ0) is 73.9. The number of aliphatic hydroxyl groups is 1. The number of unbranched alkanes of at least 4 members (excludes halogenated alkanes) is 57. The van der Waals surface area contributed by atoms with Crippen LogP contribution in [-0.4, -0.2) is 96.7 Å². The zero-order valence-corrected chi connectivity index (χ0v) is 67.7. The smallest absolute Gasteiger partial charge is 0.462 e. The second kappa shape index (κ2) is 76.3. The normalized spacial score (nSPS) is 13.8.